The van der Waals surface area contributed by atoms with Gasteiger partial charge in [-0.3, -0.25) is 9.59 Å². The first-order chi connectivity index (χ1) is 13.0. The fourth-order valence-electron chi connectivity index (χ4n) is 2.17. The maximum atomic E-state index is 11.7. The highest BCUT2D eigenvalue weighted by atomic mass is 35.5. The summed E-state index contributed by atoms with van der Waals surface area (Å²) in [6, 6.07) is 13.6. The van der Waals surface area contributed by atoms with Gasteiger partial charge in [0, 0.05) is 23.6 Å². The molecule has 0 aliphatic heterocycles. The minimum absolute atomic E-state index is 0.0322. The molecular formula is C20H20ClNO5. The van der Waals surface area contributed by atoms with Crippen molar-refractivity contribution in [3.8, 4) is 5.75 Å². The third-order valence-corrected chi connectivity index (χ3v) is 3.83. The summed E-state index contributed by atoms with van der Waals surface area (Å²) in [6.07, 6.45) is 0.423. The number of Topliss-reactive ketones (excluding diaryl/α,β-unsaturated/α-hetero) is 1. The predicted octanol–water partition coefficient (Wildman–Crippen LogP) is 3.17. The third-order valence-electron chi connectivity index (χ3n) is 3.60. The number of ketones is 1. The SMILES string of the molecule is CCC(=O)c1ccc(OCC(=O)OCC(=O)NCc2cccc(Cl)c2)cc1. The smallest absolute Gasteiger partial charge is 0.344 e. The highest BCUT2D eigenvalue weighted by Crippen LogP contribution is 2.13. The van der Waals surface area contributed by atoms with Gasteiger partial charge in [0.25, 0.3) is 5.91 Å². The van der Waals surface area contributed by atoms with Gasteiger partial charge < -0.3 is 14.8 Å². The Morgan fingerprint density at radius 1 is 1.04 bits per heavy atom. The number of halogens is 1. The van der Waals surface area contributed by atoms with Crippen molar-refractivity contribution in [3.63, 3.8) is 0 Å². The molecule has 2 aromatic rings. The Kier molecular flexibility index (Phi) is 7.82. The number of ether oxygens (including phenoxy) is 2. The lowest BCUT2D eigenvalue weighted by Crippen LogP contribution is -2.29. The Morgan fingerprint density at radius 3 is 2.44 bits per heavy atom. The van der Waals surface area contributed by atoms with Crippen molar-refractivity contribution >= 4 is 29.3 Å². The van der Waals surface area contributed by atoms with Crippen LogP contribution >= 0.6 is 11.6 Å². The zero-order chi connectivity index (χ0) is 19.6. The van der Waals surface area contributed by atoms with Crippen molar-refractivity contribution in [3.05, 3.63) is 64.7 Å². The van der Waals surface area contributed by atoms with Crippen molar-refractivity contribution in [1.82, 2.24) is 5.32 Å². The van der Waals surface area contributed by atoms with E-state index in [1.807, 2.05) is 6.07 Å². The van der Waals surface area contributed by atoms with Crippen LogP contribution < -0.4 is 10.1 Å². The minimum Gasteiger partial charge on any atom is -0.482 e. The molecule has 0 saturated heterocycles. The van der Waals surface area contributed by atoms with Crippen LogP contribution in [0.25, 0.3) is 0 Å². The molecule has 2 rings (SSSR count). The summed E-state index contributed by atoms with van der Waals surface area (Å²) < 4.78 is 10.1. The number of hydrogen-bond acceptors (Lipinski definition) is 5. The molecule has 0 aliphatic carbocycles. The second-order valence-corrected chi connectivity index (χ2v) is 6.09. The molecule has 1 amide bonds. The first-order valence-corrected chi connectivity index (χ1v) is 8.78. The fraction of sp³-hybridized carbons (Fsp3) is 0.250. The molecule has 0 saturated carbocycles. The number of esters is 1. The van der Waals surface area contributed by atoms with E-state index in [2.05, 4.69) is 5.32 Å². The van der Waals surface area contributed by atoms with Gasteiger partial charge in [0.15, 0.2) is 19.0 Å². The Hall–Kier alpha value is -2.86. The van der Waals surface area contributed by atoms with Crippen LogP contribution in [0.5, 0.6) is 5.75 Å². The normalized spacial score (nSPS) is 10.1. The summed E-state index contributed by atoms with van der Waals surface area (Å²) in [7, 11) is 0. The molecule has 0 radical (unpaired) electrons. The van der Waals surface area contributed by atoms with E-state index in [4.69, 9.17) is 21.1 Å². The second-order valence-electron chi connectivity index (χ2n) is 5.66. The number of nitrogens with one attached hydrogen (secondary N) is 1. The zero-order valence-corrected chi connectivity index (χ0v) is 15.6. The number of carbonyl (C=O) groups excluding carboxylic acids is 3. The fourth-order valence-corrected chi connectivity index (χ4v) is 2.38. The van der Waals surface area contributed by atoms with Gasteiger partial charge in [-0.25, -0.2) is 4.79 Å². The van der Waals surface area contributed by atoms with Crippen LogP contribution in [0.4, 0.5) is 0 Å². The summed E-state index contributed by atoms with van der Waals surface area (Å²) in [5, 5.41) is 3.21. The van der Waals surface area contributed by atoms with Crippen LogP contribution in [0.3, 0.4) is 0 Å². The van der Waals surface area contributed by atoms with Crippen LogP contribution in [0.15, 0.2) is 48.5 Å². The van der Waals surface area contributed by atoms with Crippen LogP contribution in [0.1, 0.15) is 29.3 Å². The predicted molar refractivity (Wildman–Crippen MR) is 101 cm³/mol. The van der Waals surface area contributed by atoms with Gasteiger partial charge in [-0.1, -0.05) is 30.7 Å². The number of hydrogen-bond donors (Lipinski definition) is 1. The first kappa shape index (κ1) is 20.5. The zero-order valence-electron chi connectivity index (χ0n) is 14.9. The van der Waals surface area contributed by atoms with E-state index in [0.29, 0.717) is 22.8 Å². The first-order valence-electron chi connectivity index (χ1n) is 8.40. The van der Waals surface area contributed by atoms with Gasteiger partial charge in [-0.2, -0.15) is 0 Å². The Balaban J connectivity index is 1.68. The Labute approximate surface area is 162 Å². The van der Waals surface area contributed by atoms with E-state index in [1.54, 1.807) is 49.4 Å². The monoisotopic (exact) mass is 389 g/mol. The standard InChI is InChI=1S/C20H20ClNO5/c1-2-18(23)15-6-8-17(9-7-15)26-13-20(25)27-12-19(24)22-11-14-4-3-5-16(21)10-14/h3-10H,2,11-13H2,1H3,(H,22,24). The highest BCUT2D eigenvalue weighted by molar-refractivity contribution is 6.30. The second kappa shape index (κ2) is 10.3. The quantitative estimate of drug-likeness (QED) is 0.526. The molecule has 1 N–H and O–H groups in total. The number of amides is 1. The highest BCUT2D eigenvalue weighted by Gasteiger charge is 2.09. The lowest BCUT2D eigenvalue weighted by Gasteiger charge is -2.08. The molecule has 0 fully saturated rings. The lowest BCUT2D eigenvalue weighted by molar-refractivity contribution is -0.150. The molecule has 142 valence electrons. The molecule has 0 aromatic heterocycles. The summed E-state index contributed by atoms with van der Waals surface area (Å²) in [5.74, 6) is -0.623. The van der Waals surface area contributed by atoms with Crippen molar-refractivity contribution in [2.45, 2.75) is 19.9 Å². The molecule has 0 unspecified atom stereocenters. The lowest BCUT2D eigenvalue weighted by atomic mass is 10.1. The van der Waals surface area contributed by atoms with Gasteiger partial charge in [-0.15, -0.1) is 0 Å². The average Bonchev–Trinajstić information content (AvgIpc) is 2.69. The minimum atomic E-state index is -0.665. The summed E-state index contributed by atoms with van der Waals surface area (Å²) in [4.78, 5) is 34.9. The van der Waals surface area contributed by atoms with Crippen molar-refractivity contribution in [2.24, 2.45) is 0 Å². The molecule has 2 aromatic carbocycles. The molecular weight excluding hydrogens is 370 g/mol. The van der Waals surface area contributed by atoms with Gasteiger partial charge in [0.2, 0.25) is 0 Å². The molecule has 0 atom stereocenters. The van der Waals surface area contributed by atoms with Crippen molar-refractivity contribution in [2.75, 3.05) is 13.2 Å². The average molecular weight is 390 g/mol. The van der Waals surface area contributed by atoms with Crippen LogP contribution in [-0.4, -0.2) is 30.9 Å². The summed E-state index contributed by atoms with van der Waals surface area (Å²) in [6.45, 7) is 1.35. The summed E-state index contributed by atoms with van der Waals surface area (Å²) in [5.41, 5.74) is 1.43. The van der Waals surface area contributed by atoms with E-state index >= 15 is 0 Å². The van der Waals surface area contributed by atoms with E-state index < -0.39 is 18.5 Å². The maximum absolute atomic E-state index is 11.7. The van der Waals surface area contributed by atoms with Gasteiger partial charge in [0.1, 0.15) is 5.75 Å². The number of benzene rings is 2. The van der Waals surface area contributed by atoms with Gasteiger partial charge >= 0.3 is 5.97 Å². The maximum Gasteiger partial charge on any atom is 0.344 e. The molecule has 0 bridgehead atoms. The number of rotatable bonds is 9. The molecule has 0 aliphatic rings. The Bertz CT molecular complexity index is 804. The Morgan fingerprint density at radius 2 is 1.78 bits per heavy atom. The van der Waals surface area contributed by atoms with Crippen LogP contribution in [0, 0.1) is 0 Å². The van der Waals surface area contributed by atoms with Gasteiger partial charge in [-0.05, 0) is 42.0 Å². The van der Waals surface area contributed by atoms with Crippen molar-refractivity contribution in [1.29, 1.82) is 0 Å². The van der Waals surface area contributed by atoms with Crippen molar-refractivity contribution < 1.29 is 23.9 Å². The van der Waals surface area contributed by atoms with Crippen LogP contribution in [0.2, 0.25) is 5.02 Å². The van der Waals surface area contributed by atoms with E-state index in [0.717, 1.165) is 5.56 Å². The largest absolute Gasteiger partial charge is 0.482 e. The van der Waals surface area contributed by atoms with Gasteiger partial charge in [0.05, 0.1) is 0 Å². The molecule has 0 heterocycles. The van der Waals surface area contributed by atoms with Crippen LogP contribution in [-0.2, 0) is 20.9 Å². The molecule has 6 nitrogen and oxygen atoms in total. The van der Waals surface area contributed by atoms with E-state index in [1.165, 1.54) is 0 Å². The third kappa shape index (κ3) is 7.11. The molecule has 7 heteroatoms. The summed E-state index contributed by atoms with van der Waals surface area (Å²) >= 11 is 5.87. The topological polar surface area (TPSA) is 81.7 Å². The molecule has 27 heavy (non-hydrogen) atoms. The van der Waals surface area contributed by atoms with E-state index in [9.17, 15) is 14.4 Å². The molecule has 0 spiro atoms. The number of carbonyl (C=O) groups is 3. The van der Waals surface area contributed by atoms with E-state index in [-0.39, 0.29) is 18.9 Å².